The molecule has 2 heterocycles. The molecular weight excluding hydrogens is 328 g/mol. The van der Waals surface area contributed by atoms with Crippen molar-refractivity contribution >= 4 is 5.91 Å². The number of benzene rings is 1. The fourth-order valence-corrected chi connectivity index (χ4v) is 2.97. The van der Waals surface area contributed by atoms with Crippen molar-refractivity contribution in [2.75, 3.05) is 0 Å². The van der Waals surface area contributed by atoms with Crippen LogP contribution in [0, 0.1) is 13.8 Å². The lowest BCUT2D eigenvalue weighted by Crippen LogP contribution is -2.23. The van der Waals surface area contributed by atoms with Gasteiger partial charge < -0.3 is 5.32 Å². The van der Waals surface area contributed by atoms with Crippen molar-refractivity contribution in [1.82, 2.24) is 29.9 Å². The van der Waals surface area contributed by atoms with Crippen LogP contribution in [0.1, 0.15) is 34.5 Å². The fraction of sp³-hybridized carbons (Fsp3) is 0.368. The topological polar surface area (TPSA) is 77.6 Å². The Hall–Kier alpha value is -2.96. The number of hydrogen-bond acceptors (Lipinski definition) is 4. The van der Waals surface area contributed by atoms with Crippen molar-refractivity contribution in [2.24, 2.45) is 7.05 Å². The molecule has 136 valence electrons. The molecule has 0 saturated heterocycles. The zero-order valence-corrected chi connectivity index (χ0v) is 15.4. The number of hydrogen-bond donors (Lipinski definition) is 1. The molecule has 0 bridgehead atoms. The number of carbonyl (C=O) groups is 1. The van der Waals surface area contributed by atoms with Gasteiger partial charge in [-0.2, -0.15) is 10.2 Å². The molecule has 0 fully saturated rings. The minimum absolute atomic E-state index is 0.0549. The average molecular weight is 352 g/mol. The van der Waals surface area contributed by atoms with Crippen molar-refractivity contribution in [3.05, 3.63) is 65.0 Å². The van der Waals surface area contributed by atoms with Crippen LogP contribution in [-0.2, 0) is 31.4 Å². The molecule has 0 unspecified atom stereocenters. The molecule has 3 aromatic rings. The van der Waals surface area contributed by atoms with E-state index in [-0.39, 0.29) is 5.91 Å². The molecule has 3 rings (SSSR count). The first-order valence-corrected chi connectivity index (χ1v) is 8.69. The van der Waals surface area contributed by atoms with E-state index in [9.17, 15) is 4.79 Å². The van der Waals surface area contributed by atoms with E-state index in [0.717, 1.165) is 22.5 Å². The summed E-state index contributed by atoms with van der Waals surface area (Å²) in [5, 5.41) is 11.5. The summed E-state index contributed by atoms with van der Waals surface area (Å²) in [6.07, 6.45) is 4.41. The summed E-state index contributed by atoms with van der Waals surface area (Å²) >= 11 is 0. The minimum Gasteiger partial charge on any atom is -0.352 e. The van der Waals surface area contributed by atoms with E-state index >= 15 is 0 Å². The predicted octanol–water partition coefficient (Wildman–Crippen LogP) is 1.93. The molecule has 1 amide bonds. The van der Waals surface area contributed by atoms with Crippen LogP contribution in [0.5, 0.6) is 0 Å². The second kappa shape index (κ2) is 7.95. The van der Waals surface area contributed by atoms with Crippen molar-refractivity contribution in [1.29, 1.82) is 0 Å². The Morgan fingerprint density at radius 3 is 2.50 bits per heavy atom. The number of rotatable bonds is 7. The first-order valence-electron chi connectivity index (χ1n) is 8.69. The van der Waals surface area contributed by atoms with Crippen LogP contribution in [0.25, 0.3) is 0 Å². The van der Waals surface area contributed by atoms with Gasteiger partial charge in [0.1, 0.15) is 12.7 Å². The van der Waals surface area contributed by atoms with Crippen LogP contribution in [0.15, 0.2) is 36.9 Å². The van der Waals surface area contributed by atoms with Gasteiger partial charge in [-0.1, -0.05) is 24.3 Å². The maximum Gasteiger partial charge on any atom is 0.220 e. The van der Waals surface area contributed by atoms with Crippen molar-refractivity contribution < 1.29 is 4.79 Å². The van der Waals surface area contributed by atoms with Crippen LogP contribution in [0.3, 0.4) is 0 Å². The number of aromatic nitrogens is 5. The third kappa shape index (κ3) is 4.36. The van der Waals surface area contributed by atoms with Crippen LogP contribution in [0.2, 0.25) is 0 Å². The van der Waals surface area contributed by atoms with Gasteiger partial charge in [0.15, 0.2) is 0 Å². The monoisotopic (exact) mass is 352 g/mol. The molecule has 0 aliphatic rings. The second-order valence-corrected chi connectivity index (χ2v) is 6.46. The van der Waals surface area contributed by atoms with E-state index in [1.165, 1.54) is 11.9 Å². The Bertz CT molecular complexity index is 864. The maximum absolute atomic E-state index is 12.1. The van der Waals surface area contributed by atoms with Crippen LogP contribution >= 0.6 is 0 Å². The number of nitrogens with one attached hydrogen (secondary N) is 1. The SMILES string of the molecule is Cc1nn(C)c(C)c1CCC(=O)NCc1ccc(Cn2cncn2)cc1. The zero-order valence-electron chi connectivity index (χ0n) is 15.4. The largest absolute Gasteiger partial charge is 0.352 e. The molecule has 0 spiro atoms. The number of carbonyl (C=O) groups excluding carboxylic acids is 1. The molecule has 0 aliphatic carbocycles. The van der Waals surface area contributed by atoms with E-state index in [1.807, 2.05) is 49.8 Å². The first kappa shape index (κ1) is 17.8. The molecular formula is C19H24N6O. The highest BCUT2D eigenvalue weighted by atomic mass is 16.1. The highest BCUT2D eigenvalue weighted by Gasteiger charge is 2.11. The lowest BCUT2D eigenvalue weighted by atomic mass is 10.1. The molecule has 0 atom stereocenters. The van der Waals surface area contributed by atoms with Gasteiger partial charge in [0.05, 0.1) is 12.2 Å². The Labute approximate surface area is 153 Å². The molecule has 0 radical (unpaired) electrons. The summed E-state index contributed by atoms with van der Waals surface area (Å²) in [7, 11) is 1.93. The lowest BCUT2D eigenvalue weighted by Gasteiger charge is -2.07. The molecule has 0 saturated carbocycles. The van der Waals surface area contributed by atoms with Gasteiger partial charge in [-0.15, -0.1) is 0 Å². The first-order chi connectivity index (χ1) is 12.5. The molecule has 2 aromatic heterocycles. The van der Waals surface area contributed by atoms with Crippen molar-refractivity contribution in [3.63, 3.8) is 0 Å². The highest BCUT2D eigenvalue weighted by Crippen LogP contribution is 2.14. The van der Waals surface area contributed by atoms with Gasteiger partial charge in [-0.25, -0.2) is 9.67 Å². The van der Waals surface area contributed by atoms with Gasteiger partial charge >= 0.3 is 0 Å². The summed E-state index contributed by atoms with van der Waals surface area (Å²) in [5.74, 6) is 0.0549. The zero-order chi connectivity index (χ0) is 18.5. The van der Waals surface area contributed by atoms with Crippen molar-refractivity contribution in [2.45, 2.75) is 39.8 Å². The summed E-state index contributed by atoms with van der Waals surface area (Å²) in [4.78, 5) is 16.1. The molecule has 1 N–H and O–H groups in total. The van der Waals surface area contributed by atoms with E-state index in [0.29, 0.717) is 25.9 Å². The highest BCUT2D eigenvalue weighted by molar-refractivity contribution is 5.76. The number of amides is 1. The van der Waals surface area contributed by atoms with Gasteiger partial charge in [0, 0.05) is 25.7 Å². The Kier molecular flexibility index (Phi) is 5.46. The Morgan fingerprint density at radius 2 is 1.88 bits per heavy atom. The molecule has 26 heavy (non-hydrogen) atoms. The fourth-order valence-electron chi connectivity index (χ4n) is 2.97. The van der Waals surface area contributed by atoms with E-state index in [1.54, 1.807) is 11.0 Å². The molecule has 1 aromatic carbocycles. The third-order valence-corrected chi connectivity index (χ3v) is 4.58. The number of nitrogens with zero attached hydrogens (tertiary/aromatic N) is 5. The second-order valence-electron chi connectivity index (χ2n) is 6.46. The summed E-state index contributed by atoms with van der Waals surface area (Å²) in [5.41, 5.74) is 5.52. The third-order valence-electron chi connectivity index (χ3n) is 4.58. The smallest absolute Gasteiger partial charge is 0.220 e. The van der Waals surface area contributed by atoms with E-state index in [4.69, 9.17) is 0 Å². The van der Waals surface area contributed by atoms with Crippen LogP contribution < -0.4 is 5.32 Å². The van der Waals surface area contributed by atoms with Gasteiger partial charge in [-0.05, 0) is 37.0 Å². The summed E-state index contributed by atoms with van der Waals surface area (Å²) < 4.78 is 3.64. The predicted molar refractivity (Wildman–Crippen MR) is 98.4 cm³/mol. The Morgan fingerprint density at radius 1 is 1.15 bits per heavy atom. The Balaban J connectivity index is 1.46. The van der Waals surface area contributed by atoms with Gasteiger partial charge in [-0.3, -0.25) is 9.48 Å². The number of aryl methyl sites for hydroxylation is 2. The normalized spacial score (nSPS) is 10.9. The quantitative estimate of drug-likeness (QED) is 0.705. The van der Waals surface area contributed by atoms with Crippen LogP contribution in [0.4, 0.5) is 0 Å². The van der Waals surface area contributed by atoms with Crippen molar-refractivity contribution in [3.8, 4) is 0 Å². The molecule has 0 aliphatic heterocycles. The maximum atomic E-state index is 12.1. The van der Waals surface area contributed by atoms with Crippen LogP contribution in [-0.4, -0.2) is 30.5 Å². The standard InChI is InChI=1S/C19H24N6O/c1-14-18(15(2)24(3)23-14)8-9-19(26)21-10-16-4-6-17(7-5-16)11-25-13-20-12-22-25/h4-7,12-13H,8-11H2,1-3H3,(H,21,26). The molecule has 7 heteroatoms. The van der Waals surface area contributed by atoms with Gasteiger partial charge in [0.2, 0.25) is 5.91 Å². The van der Waals surface area contributed by atoms with Gasteiger partial charge in [0.25, 0.3) is 0 Å². The summed E-state index contributed by atoms with van der Waals surface area (Å²) in [6, 6.07) is 8.15. The minimum atomic E-state index is 0.0549. The van der Waals surface area contributed by atoms with E-state index < -0.39 is 0 Å². The average Bonchev–Trinajstić information content (AvgIpc) is 3.21. The van der Waals surface area contributed by atoms with E-state index in [2.05, 4.69) is 20.5 Å². The molecule has 7 nitrogen and oxygen atoms in total. The summed E-state index contributed by atoms with van der Waals surface area (Å²) in [6.45, 7) is 5.25. The lowest BCUT2D eigenvalue weighted by molar-refractivity contribution is -0.121.